The normalized spacial score (nSPS) is 12.1. The minimum absolute atomic E-state index is 0.00151. The van der Waals surface area contributed by atoms with E-state index in [9.17, 15) is 13.6 Å². The zero-order chi connectivity index (χ0) is 21.8. The molecule has 0 radical (unpaired) electrons. The zero-order valence-corrected chi connectivity index (χ0v) is 16.2. The molecule has 0 atom stereocenters. The molecule has 0 saturated heterocycles. The van der Waals surface area contributed by atoms with E-state index in [-0.39, 0.29) is 11.3 Å². The Balaban J connectivity index is 2.16. The van der Waals surface area contributed by atoms with Crippen molar-refractivity contribution in [2.45, 2.75) is 6.61 Å². The molecule has 156 valence electrons. The fourth-order valence-corrected chi connectivity index (χ4v) is 3.06. The summed E-state index contributed by atoms with van der Waals surface area (Å²) in [4.78, 5) is 20.1. The number of carbonyl (C=O) groups is 1. The predicted molar refractivity (Wildman–Crippen MR) is 109 cm³/mol. The summed E-state index contributed by atoms with van der Waals surface area (Å²) in [6.45, 7) is -3.15. The van der Waals surface area contributed by atoms with Crippen molar-refractivity contribution >= 4 is 28.7 Å². The van der Waals surface area contributed by atoms with Crippen LogP contribution < -0.4 is 20.9 Å². The lowest BCUT2D eigenvalue weighted by Gasteiger charge is -2.15. The van der Waals surface area contributed by atoms with Crippen LogP contribution in [0.25, 0.3) is 22.3 Å². The molecule has 3 rings (SSSR count). The van der Waals surface area contributed by atoms with Crippen LogP contribution in [0.1, 0.15) is 15.9 Å². The van der Waals surface area contributed by atoms with Gasteiger partial charge in [-0.15, -0.1) is 0 Å². The number of carbonyl (C=O) groups excluding carboxylic acids is 1. The maximum Gasteiger partial charge on any atom is 0.387 e. The highest BCUT2D eigenvalue weighted by Gasteiger charge is 2.21. The van der Waals surface area contributed by atoms with Crippen molar-refractivity contribution < 1.29 is 23.0 Å². The summed E-state index contributed by atoms with van der Waals surface area (Å²) in [7, 11) is 2.94. The highest BCUT2D eigenvalue weighted by atomic mass is 19.3. The van der Waals surface area contributed by atoms with E-state index < -0.39 is 18.3 Å². The van der Waals surface area contributed by atoms with Gasteiger partial charge in [-0.25, -0.2) is 4.98 Å². The number of nitrogens with zero attached hydrogens (tertiary/aromatic N) is 3. The molecule has 0 aliphatic heterocycles. The van der Waals surface area contributed by atoms with E-state index in [0.29, 0.717) is 22.3 Å². The Hall–Kier alpha value is -3.95. The van der Waals surface area contributed by atoms with Gasteiger partial charge in [0.25, 0.3) is 5.91 Å². The van der Waals surface area contributed by atoms with Gasteiger partial charge in [0.1, 0.15) is 23.4 Å². The Bertz CT molecular complexity index is 1150. The molecule has 4 N–H and O–H groups in total. The zero-order valence-electron chi connectivity index (χ0n) is 16.2. The molecule has 0 bridgehead atoms. The van der Waals surface area contributed by atoms with Crippen LogP contribution in [0.2, 0.25) is 0 Å². The first-order valence-electron chi connectivity index (χ1n) is 8.68. The topological polar surface area (TPSA) is 118 Å². The number of nitrogens with two attached hydrogens (primary N) is 2. The second-order valence-electron chi connectivity index (χ2n) is 6.09. The summed E-state index contributed by atoms with van der Waals surface area (Å²) in [5, 5.41) is 0. The second kappa shape index (κ2) is 8.60. The molecule has 0 aliphatic carbocycles. The molecule has 10 heteroatoms. The molecule has 0 aliphatic rings. The number of imidazole rings is 1. The lowest BCUT2D eigenvalue weighted by molar-refractivity contribution is -0.0502. The Morgan fingerprint density at radius 3 is 2.60 bits per heavy atom. The molecular formula is C20H19F2N5O3. The highest BCUT2D eigenvalue weighted by Crippen LogP contribution is 2.34. The lowest BCUT2D eigenvalue weighted by Crippen LogP contribution is -2.16. The molecule has 2 aromatic carbocycles. The molecule has 0 spiro atoms. The molecular weight excluding hydrogens is 396 g/mol. The van der Waals surface area contributed by atoms with Crippen LogP contribution in [0.5, 0.6) is 11.5 Å². The standard InChI is InChI=1S/C20H19F2N5O3/c1-25-9-12(8-23)11-3-4-15-14(5-11)26-10-27(15)13-6-16(29-2)18(19(24)28)17(7-13)30-20(21)22/h3-10,20H,23H2,1-2H3,(H2,24,28). The van der Waals surface area contributed by atoms with Crippen LogP contribution in [-0.4, -0.2) is 42.4 Å². The van der Waals surface area contributed by atoms with E-state index in [1.165, 1.54) is 31.8 Å². The SMILES string of the molecule is CN=CC(=CN)c1ccc2c(c1)ncn2-c1cc(OC)c(C(N)=O)c(OC(F)F)c1. The van der Waals surface area contributed by atoms with Gasteiger partial charge in [-0.3, -0.25) is 14.4 Å². The summed E-state index contributed by atoms with van der Waals surface area (Å²) < 4.78 is 37.1. The number of aromatic nitrogens is 2. The number of hydrogen-bond donors (Lipinski definition) is 2. The molecule has 1 heterocycles. The van der Waals surface area contributed by atoms with Crippen molar-refractivity contribution in [2.75, 3.05) is 14.2 Å². The molecule has 0 saturated carbocycles. The van der Waals surface area contributed by atoms with Crippen LogP contribution in [0.4, 0.5) is 8.78 Å². The fourth-order valence-electron chi connectivity index (χ4n) is 3.06. The van der Waals surface area contributed by atoms with Gasteiger partial charge in [-0.05, 0) is 17.7 Å². The van der Waals surface area contributed by atoms with Gasteiger partial charge in [-0.1, -0.05) is 6.07 Å². The van der Waals surface area contributed by atoms with Gasteiger partial charge in [0.05, 0.1) is 23.8 Å². The predicted octanol–water partition coefficient (Wildman–Crippen LogP) is 2.73. The number of benzene rings is 2. The molecule has 1 amide bonds. The number of fused-ring (bicyclic) bond motifs is 1. The number of rotatable bonds is 7. The van der Waals surface area contributed by atoms with Crippen molar-refractivity contribution in [3.63, 3.8) is 0 Å². The Morgan fingerprint density at radius 2 is 2.00 bits per heavy atom. The second-order valence-corrected chi connectivity index (χ2v) is 6.09. The van der Waals surface area contributed by atoms with Gasteiger partial charge in [0.15, 0.2) is 0 Å². The molecule has 0 fully saturated rings. The summed E-state index contributed by atoms with van der Waals surface area (Å²) in [6, 6.07) is 8.21. The summed E-state index contributed by atoms with van der Waals surface area (Å²) in [5.74, 6) is -1.34. The van der Waals surface area contributed by atoms with Crippen LogP contribution in [-0.2, 0) is 0 Å². The van der Waals surface area contributed by atoms with Gasteiger partial charge < -0.3 is 20.9 Å². The van der Waals surface area contributed by atoms with Crippen molar-refractivity contribution in [1.82, 2.24) is 9.55 Å². The molecule has 30 heavy (non-hydrogen) atoms. The maximum absolute atomic E-state index is 12.9. The fraction of sp³-hybridized carbons (Fsp3) is 0.150. The molecule has 1 aromatic heterocycles. The number of ether oxygens (including phenoxy) is 2. The number of aliphatic imine (C=N–C) groups is 1. The van der Waals surface area contributed by atoms with Gasteiger partial charge in [0, 0.05) is 37.2 Å². The summed E-state index contributed by atoms with van der Waals surface area (Å²) in [6.07, 6.45) is 4.57. The van der Waals surface area contributed by atoms with Gasteiger partial charge in [0.2, 0.25) is 0 Å². The number of methoxy groups -OCH3 is 1. The number of halogens is 2. The third kappa shape index (κ3) is 3.93. The van der Waals surface area contributed by atoms with Crippen molar-refractivity contribution in [2.24, 2.45) is 16.5 Å². The van der Waals surface area contributed by atoms with E-state index in [4.69, 9.17) is 16.2 Å². The first-order valence-corrected chi connectivity index (χ1v) is 8.68. The van der Waals surface area contributed by atoms with E-state index in [0.717, 1.165) is 5.56 Å². The van der Waals surface area contributed by atoms with Crippen LogP contribution in [0.3, 0.4) is 0 Å². The average molecular weight is 415 g/mol. The minimum atomic E-state index is -3.15. The van der Waals surface area contributed by atoms with Crippen LogP contribution >= 0.6 is 0 Å². The van der Waals surface area contributed by atoms with Crippen molar-refractivity contribution in [3.05, 3.63) is 54.0 Å². The maximum atomic E-state index is 12.9. The molecule has 3 aromatic rings. The highest BCUT2D eigenvalue weighted by molar-refractivity contribution is 6.10. The first kappa shape index (κ1) is 20.8. The van der Waals surface area contributed by atoms with Gasteiger partial charge >= 0.3 is 6.61 Å². The molecule has 0 unspecified atom stereocenters. The van der Waals surface area contributed by atoms with E-state index >= 15 is 0 Å². The Kier molecular flexibility index (Phi) is 5.95. The Labute approximate surface area is 170 Å². The van der Waals surface area contributed by atoms with E-state index in [2.05, 4.69) is 14.7 Å². The number of alkyl halides is 2. The molecule has 8 nitrogen and oxygen atoms in total. The monoisotopic (exact) mass is 415 g/mol. The minimum Gasteiger partial charge on any atom is -0.496 e. The van der Waals surface area contributed by atoms with E-state index in [1.807, 2.05) is 12.1 Å². The van der Waals surface area contributed by atoms with Crippen molar-refractivity contribution in [1.29, 1.82) is 0 Å². The largest absolute Gasteiger partial charge is 0.496 e. The average Bonchev–Trinajstić information content (AvgIpc) is 3.13. The van der Waals surface area contributed by atoms with Gasteiger partial charge in [-0.2, -0.15) is 8.78 Å². The quantitative estimate of drug-likeness (QED) is 0.576. The number of hydrogen-bond acceptors (Lipinski definition) is 6. The smallest absolute Gasteiger partial charge is 0.387 e. The summed E-state index contributed by atoms with van der Waals surface area (Å²) >= 11 is 0. The lowest BCUT2D eigenvalue weighted by atomic mass is 10.1. The van der Waals surface area contributed by atoms with Crippen molar-refractivity contribution in [3.8, 4) is 17.2 Å². The number of amides is 1. The van der Waals surface area contributed by atoms with Crippen LogP contribution in [0, 0.1) is 0 Å². The number of allylic oxidation sites excluding steroid dienone is 1. The first-order chi connectivity index (χ1) is 14.4. The third-order valence-electron chi connectivity index (χ3n) is 4.34. The number of primary amides is 1. The Morgan fingerprint density at radius 1 is 1.27 bits per heavy atom. The van der Waals surface area contributed by atoms with Crippen LogP contribution in [0.15, 0.2) is 47.9 Å². The summed E-state index contributed by atoms with van der Waals surface area (Å²) in [5.41, 5.74) is 13.9. The third-order valence-corrected chi connectivity index (χ3v) is 4.34. The van der Waals surface area contributed by atoms with E-state index in [1.54, 1.807) is 23.9 Å².